The Morgan fingerprint density at radius 2 is 1.50 bits per heavy atom. The van der Waals surface area contributed by atoms with Crippen LogP contribution in [0.4, 0.5) is 11.7 Å². The fourth-order valence-electron chi connectivity index (χ4n) is 1.79. The van der Waals surface area contributed by atoms with E-state index in [1.54, 1.807) is 0 Å². The lowest BCUT2D eigenvalue weighted by atomic mass is 10.2. The molecule has 0 saturated carbocycles. The molecule has 20 heavy (non-hydrogen) atoms. The summed E-state index contributed by atoms with van der Waals surface area (Å²) in [5.41, 5.74) is 7.93. The summed E-state index contributed by atoms with van der Waals surface area (Å²) in [5.74, 6) is 0.577. The van der Waals surface area contributed by atoms with Gasteiger partial charge in [-0.25, -0.2) is 0 Å². The van der Waals surface area contributed by atoms with E-state index >= 15 is 0 Å². The molecule has 0 aliphatic heterocycles. The lowest BCUT2D eigenvalue weighted by molar-refractivity contribution is 0.519. The molecule has 5 nitrogen and oxygen atoms in total. The van der Waals surface area contributed by atoms with E-state index in [1.165, 1.54) is 0 Å². The monoisotopic (exact) mass is 266 g/mol. The maximum absolute atomic E-state index is 5.51. The Bertz CT molecular complexity index is 652. The van der Waals surface area contributed by atoms with E-state index in [0.29, 0.717) is 18.3 Å². The Hall–Kier alpha value is -2.82. The predicted octanol–water partition coefficient (Wildman–Crippen LogP) is 3.10. The number of aromatic nitrogens is 2. The van der Waals surface area contributed by atoms with Gasteiger partial charge in [0.05, 0.1) is 12.1 Å². The zero-order valence-electron chi connectivity index (χ0n) is 10.8. The van der Waals surface area contributed by atoms with Crippen LogP contribution in [0.25, 0.3) is 0 Å². The number of hydrazine groups is 1. The first kappa shape index (κ1) is 12.2. The molecule has 100 valence electrons. The fourth-order valence-corrected chi connectivity index (χ4v) is 1.79. The van der Waals surface area contributed by atoms with E-state index in [9.17, 15) is 0 Å². The van der Waals surface area contributed by atoms with Crippen molar-refractivity contribution in [3.63, 3.8) is 0 Å². The third-order valence-corrected chi connectivity index (χ3v) is 2.75. The molecule has 0 amide bonds. The van der Waals surface area contributed by atoms with E-state index < -0.39 is 0 Å². The Balaban J connectivity index is 1.60. The molecule has 0 bridgehead atoms. The summed E-state index contributed by atoms with van der Waals surface area (Å²) in [6, 6.07) is 20.1. The normalized spacial score (nSPS) is 10.2. The molecular formula is C15H14N4O. The van der Waals surface area contributed by atoms with Crippen LogP contribution in [0.15, 0.2) is 65.1 Å². The number of hydrogen-bond donors (Lipinski definition) is 2. The summed E-state index contributed by atoms with van der Waals surface area (Å²) in [6.07, 6.45) is 0.626. The molecule has 2 aromatic carbocycles. The Kier molecular flexibility index (Phi) is 3.59. The summed E-state index contributed by atoms with van der Waals surface area (Å²) in [7, 11) is 0. The number of rotatable bonds is 5. The molecule has 0 unspecified atom stereocenters. The Morgan fingerprint density at radius 1 is 0.800 bits per heavy atom. The van der Waals surface area contributed by atoms with Gasteiger partial charge in [-0.1, -0.05) is 53.6 Å². The van der Waals surface area contributed by atoms with Crippen molar-refractivity contribution in [1.82, 2.24) is 10.2 Å². The van der Waals surface area contributed by atoms with Crippen LogP contribution in [0.5, 0.6) is 0 Å². The van der Waals surface area contributed by atoms with Crippen LogP contribution in [0.1, 0.15) is 11.5 Å². The van der Waals surface area contributed by atoms with E-state index in [2.05, 4.69) is 21.0 Å². The largest absolute Gasteiger partial charge is 0.407 e. The highest BCUT2D eigenvalue weighted by Crippen LogP contribution is 2.12. The quantitative estimate of drug-likeness (QED) is 0.695. The molecule has 0 fully saturated rings. The van der Waals surface area contributed by atoms with Crippen molar-refractivity contribution in [3.05, 3.63) is 72.1 Å². The molecule has 2 N–H and O–H groups in total. The summed E-state index contributed by atoms with van der Waals surface area (Å²) < 4.78 is 5.51. The molecule has 0 radical (unpaired) electrons. The van der Waals surface area contributed by atoms with E-state index in [4.69, 9.17) is 4.42 Å². The maximum atomic E-state index is 5.51. The average molecular weight is 266 g/mol. The molecule has 0 atom stereocenters. The number of benzene rings is 2. The number of nitrogens with zero attached hydrogens (tertiary/aromatic N) is 2. The molecule has 0 aliphatic carbocycles. The summed E-state index contributed by atoms with van der Waals surface area (Å²) in [4.78, 5) is 0. The Morgan fingerprint density at radius 3 is 2.25 bits per heavy atom. The van der Waals surface area contributed by atoms with Crippen LogP contribution >= 0.6 is 0 Å². The second kappa shape index (κ2) is 5.88. The van der Waals surface area contributed by atoms with Gasteiger partial charge in [-0.15, -0.1) is 5.10 Å². The van der Waals surface area contributed by atoms with Gasteiger partial charge in [0.1, 0.15) is 0 Å². The molecule has 3 rings (SSSR count). The molecule has 1 aromatic heterocycles. The number of nitrogens with one attached hydrogen (secondary N) is 2. The van der Waals surface area contributed by atoms with E-state index in [0.717, 1.165) is 11.3 Å². The van der Waals surface area contributed by atoms with Crippen LogP contribution in [0, 0.1) is 0 Å². The van der Waals surface area contributed by atoms with Crippen molar-refractivity contribution in [3.8, 4) is 0 Å². The minimum absolute atomic E-state index is 0.347. The molecule has 3 aromatic rings. The second-order valence-electron chi connectivity index (χ2n) is 4.28. The first-order valence-electron chi connectivity index (χ1n) is 6.33. The zero-order chi connectivity index (χ0) is 13.6. The van der Waals surface area contributed by atoms with Crippen LogP contribution in [-0.4, -0.2) is 10.2 Å². The van der Waals surface area contributed by atoms with Crippen molar-refractivity contribution < 1.29 is 4.42 Å². The first-order valence-corrected chi connectivity index (χ1v) is 6.33. The van der Waals surface area contributed by atoms with Crippen LogP contribution in [0.2, 0.25) is 0 Å². The van der Waals surface area contributed by atoms with Crippen molar-refractivity contribution in [2.24, 2.45) is 0 Å². The highest BCUT2D eigenvalue weighted by molar-refractivity contribution is 5.46. The average Bonchev–Trinajstić information content (AvgIpc) is 2.95. The molecular weight excluding hydrogens is 252 g/mol. The number of para-hydroxylation sites is 1. The van der Waals surface area contributed by atoms with Crippen LogP contribution in [-0.2, 0) is 6.42 Å². The summed E-state index contributed by atoms with van der Waals surface area (Å²) >= 11 is 0. The van der Waals surface area contributed by atoms with E-state index in [1.807, 2.05) is 60.7 Å². The maximum Gasteiger partial charge on any atom is 0.334 e. The third-order valence-electron chi connectivity index (χ3n) is 2.75. The van der Waals surface area contributed by atoms with Crippen LogP contribution in [0.3, 0.4) is 0 Å². The van der Waals surface area contributed by atoms with Gasteiger partial charge in [0.2, 0.25) is 5.89 Å². The van der Waals surface area contributed by atoms with Gasteiger partial charge in [-0.2, -0.15) is 0 Å². The lowest BCUT2D eigenvalue weighted by Gasteiger charge is -2.04. The van der Waals surface area contributed by atoms with Crippen LogP contribution < -0.4 is 10.9 Å². The Labute approximate surface area is 116 Å². The van der Waals surface area contributed by atoms with Gasteiger partial charge in [0, 0.05) is 0 Å². The molecule has 0 aliphatic rings. The zero-order valence-corrected chi connectivity index (χ0v) is 10.8. The molecule has 5 heteroatoms. The minimum atomic E-state index is 0.347. The van der Waals surface area contributed by atoms with Crippen molar-refractivity contribution in [2.75, 3.05) is 10.9 Å². The fraction of sp³-hybridized carbons (Fsp3) is 0.0667. The van der Waals surface area contributed by atoms with Crippen molar-refractivity contribution in [1.29, 1.82) is 0 Å². The third kappa shape index (κ3) is 3.14. The van der Waals surface area contributed by atoms with Gasteiger partial charge in [-0.05, 0) is 17.7 Å². The van der Waals surface area contributed by atoms with Gasteiger partial charge < -0.3 is 4.42 Å². The predicted molar refractivity (Wildman–Crippen MR) is 77.2 cm³/mol. The number of hydrogen-bond acceptors (Lipinski definition) is 5. The minimum Gasteiger partial charge on any atom is -0.407 e. The first-order chi connectivity index (χ1) is 9.90. The van der Waals surface area contributed by atoms with E-state index in [-0.39, 0.29) is 0 Å². The topological polar surface area (TPSA) is 63.0 Å². The smallest absolute Gasteiger partial charge is 0.334 e. The summed E-state index contributed by atoms with van der Waals surface area (Å²) in [6.45, 7) is 0. The van der Waals surface area contributed by atoms with Gasteiger partial charge >= 0.3 is 6.01 Å². The highest BCUT2D eigenvalue weighted by Gasteiger charge is 2.06. The molecule has 1 heterocycles. The van der Waals surface area contributed by atoms with Gasteiger partial charge in [0.15, 0.2) is 0 Å². The van der Waals surface area contributed by atoms with Gasteiger partial charge in [-0.3, -0.25) is 10.9 Å². The SMILES string of the molecule is c1ccc(Cc2nnc(NNc3ccccc3)o2)cc1. The van der Waals surface area contributed by atoms with Gasteiger partial charge in [0.25, 0.3) is 0 Å². The van der Waals surface area contributed by atoms with Crippen molar-refractivity contribution >= 4 is 11.7 Å². The number of anilines is 2. The van der Waals surface area contributed by atoms with Crippen molar-refractivity contribution in [2.45, 2.75) is 6.42 Å². The molecule has 0 saturated heterocycles. The lowest BCUT2D eigenvalue weighted by Crippen LogP contribution is -2.08. The summed E-state index contributed by atoms with van der Waals surface area (Å²) in [5, 5.41) is 7.94. The standard InChI is InChI=1S/C15H14N4O/c1-3-7-12(8-4-1)11-14-17-19-15(20-14)18-16-13-9-5-2-6-10-13/h1-10,16H,11H2,(H,18,19). The second-order valence-corrected chi connectivity index (χ2v) is 4.28. The molecule has 0 spiro atoms. The highest BCUT2D eigenvalue weighted by atomic mass is 16.4.